The summed E-state index contributed by atoms with van der Waals surface area (Å²) in [6.45, 7) is 0.843. The number of aryl methyl sites for hydroxylation is 1. The van der Waals surface area contributed by atoms with E-state index < -0.39 is 0 Å². The smallest absolute Gasteiger partial charge is 0.166 e. The topological polar surface area (TPSA) is 72.3 Å². The van der Waals surface area contributed by atoms with Gasteiger partial charge in [0, 0.05) is 23.4 Å². The molecule has 7 heteroatoms. The summed E-state index contributed by atoms with van der Waals surface area (Å²) in [5, 5.41) is 12.1. The predicted octanol–water partition coefficient (Wildman–Crippen LogP) is 4.30. The van der Waals surface area contributed by atoms with Crippen LogP contribution >= 0.6 is 11.8 Å². The van der Waals surface area contributed by atoms with E-state index in [2.05, 4.69) is 56.9 Å². The molecule has 0 aliphatic heterocycles. The lowest BCUT2D eigenvalue weighted by Gasteiger charge is -2.02. The molecule has 2 aromatic carbocycles. The van der Waals surface area contributed by atoms with Gasteiger partial charge in [-0.15, -0.1) is 5.10 Å². The number of aromatic amines is 1. The summed E-state index contributed by atoms with van der Waals surface area (Å²) in [5.74, 6) is 0.998. The summed E-state index contributed by atoms with van der Waals surface area (Å²) >= 11 is 1.75. The van der Waals surface area contributed by atoms with Gasteiger partial charge in [-0.1, -0.05) is 72.4 Å². The van der Waals surface area contributed by atoms with E-state index in [0.717, 1.165) is 52.8 Å². The molecule has 136 valence electrons. The van der Waals surface area contributed by atoms with Gasteiger partial charge < -0.3 is 4.98 Å². The number of tetrazole rings is 1. The van der Waals surface area contributed by atoms with Crippen LogP contribution in [0.2, 0.25) is 0 Å². The number of thioether (sulfide) groups is 1. The molecule has 0 atom stereocenters. The first-order valence-electron chi connectivity index (χ1n) is 8.94. The number of imidazole rings is 1. The van der Waals surface area contributed by atoms with Crippen molar-refractivity contribution in [3.8, 4) is 22.5 Å². The molecule has 6 nitrogen and oxygen atoms in total. The van der Waals surface area contributed by atoms with Crippen molar-refractivity contribution in [1.82, 2.24) is 30.2 Å². The molecule has 4 rings (SSSR count). The number of unbranched alkanes of at least 4 members (excludes halogenated alkanes) is 1. The summed E-state index contributed by atoms with van der Waals surface area (Å²) in [6, 6.07) is 20.7. The van der Waals surface area contributed by atoms with Crippen molar-refractivity contribution in [3.05, 3.63) is 67.0 Å². The molecule has 0 aliphatic rings. The highest BCUT2D eigenvalue weighted by molar-refractivity contribution is 7.99. The third-order valence-corrected chi connectivity index (χ3v) is 5.16. The van der Waals surface area contributed by atoms with Crippen LogP contribution in [0.1, 0.15) is 12.8 Å². The van der Waals surface area contributed by atoms with Crippen LogP contribution in [0.5, 0.6) is 0 Å². The number of nitrogens with one attached hydrogen (secondary N) is 1. The summed E-state index contributed by atoms with van der Waals surface area (Å²) in [7, 11) is 0. The highest BCUT2D eigenvalue weighted by Gasteiger charge is 2.14. The second kappa shape index (κ2) is 8.64. The van der Waals surface area contributed by atoms with E-state index in [0.29, 0.717) is 0 Å². The Labute approximate surface area is 162 Å². The van der Waals surface area contributed by atoms with Gasteiger partial charge in [0.15, 0.2) is 5.16 Å². The van der Waals surface area contributed by atoms with E-state index in [9.17, 15) is 0 Å². The van der Waals surface area contributed by atoms with Crippen LogP contribution in [-0.4, -0.2) is 35.9 Å². The number of hydrogen-bond acceptors (Lipinski definition) is 5. The fourth-order valence-corrected chi connectivity index (χ4v) is 3.74. The third-order valence-electron chi connectivity index (χ3n) is 4.20. The largest absolute Gasteiger partial charge is 0.332 e. The number of benzene rings is 2. The Morgan fingerprint density at radius 1 is 0.889 bits per heavy atom. The van der Waals surface area contributed by atoms with Gasteiger partial charge in [-0.05, 0) is 23.3 Å². The number of H-pyrrole nitrogens is 1. The summed E-state index contributed by atoms with van der Waals surface area (Å²) in [5.41, 5.74) is 4.34. The molecular weight excluding hydrogens is 356 g/mol. The maximum absolute atomic E-state index is 4.87. The highest BCUT2D eigenvalue weighted by atomic mass is 32.2. The molecule has 0 radical (unpaired) electrons. The van der Waals surface area contributed by atoms with Gasteiger partial charge in [-0.25, -0.2) is 9.67 Å². The van der Waals surface area contributed by atoms with Crippen LogP contribution in [0.3, 0.4) is 0 Å². The monoisotopic (exact) mass is 376 g/mol. The van der Waals surface area contributed by atoms with Crippen LogP contribution < -0.4 is 0 Å². The van der Waals surface area contributed by atoms with Gasteiger partial charge in [-0.3, -0.25) is 0 Å². The van der Waals surface area contributed by atoms with E-state index >= 15 is 0 Å². The van der Waals surface area contributed by atoms with Crippen molar-refractivity contribution < 1.29 is 0 Å². The van der Waals surface area contributed by atoms with Gasteiger partial charge in [0.25, 0.3) is 0 Å². The molecule has 0 aliphatic carbocycles. The lowest BCUT2D eigenvalue weighted by Crippen LogP contribution is -1.99. The minimum atomic E-state index is 0.843. The molecule has 0 saturated carbocycles. The maximum Gasteiger partial charge on any atom is 0.166 e. The second-order valence-corrected chi connectivity index (χ2v) is 7.21. The minimum Gasteiger partial charge on any atom is -0.332 e. The molecule has 0 spiro atoms. The molecule has 27 heavy (non-hydrogen) atoms. The predicted molar refractivity (Wildman–Crippen MR) is 107 cm³/mol. The quantitative estimate of drug-likeness (QED) is 0.367. The zero-order valence-electron chi connectivity index (χ0n) is 14.8. The third kappa shape index (κ3) is 4.43. The Bertz CT molecular complexity index is 894. The first-order valence-corrected chi connectivity index (χ1v) is 9.93. The van der Waals surface area contributed by atoms with E-state index in [4.69, 9.17) is 4.98 Å². The van der Waals surface area contributed by atoms with Crippen LogP contribution in [0, 0.1) is 0 Å². The van der Waals surface area contributed by atoms with Gasteiger partial charge in [0.1, 0.15) is 6.33 Å². The number of nitrogens with zero attached hydrogens (tertiary/aromatic N) is 5. The second-order valence-electron chi connectivity index (χ2n) is 6.13. The molecular formula is C20H20N6S. The van der Waals surface area contributed by atoms with Crippen LogP contribution in [0.25, 0.3) is 22.5 Å². The Balaban J connectivity index is 1.46. The zero-order valence-corrected chi connectivity index (χ0v) is 15.6. The number of hydrogen-bond donors (Lipinski definition) is 1. The van der Waals surface area contributed by atoms with Gasteiger partial charge in [0.2, 0.25) is 0 Å². The zero-order chi connectivity index (χ0) is 18.3. The molecule has 0 bridgehead atoms. The molecule has 2 aromatic heterocycles. The van der Waals surface area contributed by atoms with E-state index in [1.54, 1.807) is 22.8 Å². The fraction of sp³-hybridized carbons (Fsp3) is 0.200. The van der Waals surface area contributed by atoms with Crippen molar-refractivity contribution >= 4 is 11.8 Å². The van der Waals surface area contributed by atoms with Gasteiger partial charge in [0.05, 0.1) is 11.4 Å². The van der Waals surface area contributed by atoms with Crippen molar-refractivity contribution in [2.45, 2.75) is 24.5 Å². The Kier molecular flexibility index (Phi) is 5.59. The SMILES string of the molecule is c1ccc(-c2nc(SCCCCn3cnnn3)[nH]c2-c2ccccc2)cc1. The standard InChI is InChI=1S/C20H20N6S/c1-3-9-16(10-4-1)18-19(17-11-5-2-6-12-17)23-20(22-18)27-14-8-7-13-26-15-21-24-25-26/h1-6,9-12,15H,7-8,13-14H2,(H,22,23). The van der Waals surface area contributed by atoms with Crippen LogP contribution in [-0.2, 0) is 6.54 Å². The Hall–Kier alpha value is -2.93. The van der Waals surface area contributed by atoms with Crippen LogP contribution in [0.15, 0.2) is 72.1 Å². The summed E-state index contributed by atoms with van der Waals surface area (Å²) in [6.07, 6.45) is 3.76. The first-order chi connectivity index (χ1) is 13.4. The van der Waals surface area contributed by atoms with E-state index in [1.807, 2.05) is 24.3 Å². The fourth-order valence-electron chi connectivity index (χ4n) is 2.87. The van der Waals surface area contributed by atoms with Gasteiger partial charge >= 0.3 is 0 Å². The summed E-state index contributed by atoms with van der Waals surface area (Å²) in [4.78, 5) is 8.39. The Morgan fingerprint density at radius 2 is 1.63 bits per heavy atom. The highest BCUT2D eigenvalue weighted by Crippen LogP contribution is 2.32. The Morgan fingerprint density at radius 3 is 2.33 bits per heavy atom. The van der Waals surface area contributed by atoms with E-state index in [1.165, 1.54) is 0 Å². The number of aromatic nitrogens is 6. The van der Waals surface area contributed by atoms with E-state index in [-0.39, 0.29) is 0 Å². The molecule has 0 saturated heterocycles. The van der Waals surface area contributed by atoms with Crippen molar-refractivity contribution in [1.29, 1.82) is 0 Å². The number of rotatable bonds is 8. The molecule has 2 heterocycles. The molecule has 0 unspecified atom stereocenters. The minimum absolute atomic E-state index is 0.843. The van der Waals surface area contributed by atoms with Crippen molar-refractivity contribution in [3.63, 3.8) is 0 Å². The molecule has 0 fully saturated rings. The lowest BCUT2D eigenvalue weighted by atomic mass is 10.1. The summed E-state index contributed by atoms with van der Waals surface area (Å²) < 4.78 is 1.76. The first kappa shape index (κ1) is 17.5. The van der Waals surface area contributed by atoms with Gasteiger partial charge in [-0.2, -0.15) is 0 Å². The average Bonchev–Trinajstić information content (AvgIpc) is 3.39. The normalized spacial score (nSPS) is 11.0. The molecule has 4 aromatic rings. The molecule has 1 N–H and O–H groups in total. The van der Waals surface area contributed by atoms with Crippen molar-refractivity contribution in [2.75, 3.05) is 5.75 Å². The van der Waals surface area contributed by atoms with Crippen LogP contribution in [0.4, 0.5) is 0 Å². The van der Waals surface area contributed by atoms with Crippen molar-refractivity contribution in [2.24, 2.45) is 0 Å². The maximum atomic E-state index is 4.87. The molecule has 0 amide bonds. The average molecular weight is 376 g/mol. The lowest BCUT2D eigenvalue weighted by molar-refractivity contribution is 0.554.